The number of aromatic nitrogens is 1. The molecule has 2 saturated heterocycles. The summed E-state index contributed by atoms with van der Waals surface area (Å²) in [6, 6.07) is 5.81. The molecule has 0 saturated carbocycles. The first kappa shape index (κ1) is 19.8. The minimum atomic E-state index is -0.717. The second kappa shape index (κ2) is 8.35. The van der Waals surface area contributed by atoms with Crippen LogP contribution in [0.1, 0.15) is 38.8 Å². The maximum absolute atomic E-state index is 13.4. The molecule has 0 atom stereocenters. The van der Waals surface area contributed by atoms with Crippen LogP contribution >= 0.6 is 0 Å². The van der Waals surface area contributed by atoms with Crippen LogP contribution < -0.4 is 0 Å². The van der Waals surface area contributed by atoms with E-state index in [0.717, 1.165) is 25.2 Å². The normalized spacial score (nSPS) is 20.3. The molecule has 2 fully saturated rings. The number of methoxy groups -OCH3 is 1. The Hall–Kier alpha value is -1.99. The third-order valence-corrected chi connectivity index (χ3v) is 5.75. The van der Waals surface area contributed by atoms with Crippen LogP contribution in [0.4, 0.5) is 4.79 Å². The number of rotatable bonds is 7. The summed E-state index contributed by atoms with van der Waals surface area (Å²) in [5.41, 5.74) is 0.0121. The number of imide groups is 1. The molecule has 1 aromatic heterocycles. The molecular weight excluding hydrogens is 344 g/mol. The van der Waals surface area contributed by atoms with Gasteiger partial charge in [-0.3, -0.25) is 14.7 Å². The molecule has 0 N–H and O–H groups in total. The number of amides is 3. The van der Waals surface area contributed by atoms with Gasteiger partial charge in [0.2, 0.25) is 0 Å². The van der Waals surface area contributed by atoms with E-state index in [9.17, 15) is 9.59 Å². The number of likely N-dealkylation sites (tertiary alicyclic amines) is 1. The van der Waals surface area contributed by atoms with Crippen LogP contribution in [0.15, 0.2) is 24.4 Å². The molecule has 2 aliphatic rings. The molecule has 7 heteroatoms. The largest absolute Gasteiger partial charge is 0.385 e. The molecule has 0 aliphatic carbocycles. The number of piperidine rings is 1. The van der Waals surface area contributed by atoms with Crippen molar-refractivity contribution < 1.29 is 14.3 Å². The molecule has 3 heterocycles. The van der Waals surface area contributed by atoms with Gasteiger partial charge in [0, 0.05) is 45.6 Å². The lowest BCUT2D eigenvalue weighted by Gasteiger charge is -2.43. The Morgan fingerprint density at radius 2 is 1.96 bits per heavy atom. The van der Waals surface area contributed by atoms with E-state index in [1.807, 2.05) is 18.2 Å². The van der Waals surface area contributed by atoms with E-state index >= 15 is 0 Å². The number of urea groups is 1. The lowest BCUT2D eigenvalue weighted by atomic mass is 9.85. The quantitative estimate of drug-likeness (QED) is 0.540. The Labute approximate surface area is 161 Å². The fraction of sp³-hybridized carbons (Fsp3) is 0.650. The summed E-state index contributed by atoms with van der Waals surface area (Å²) < 4.78 is 5.16. The first-order valence-corrected chi connectivity index (χ1v) is 9.76. The molecule has 0 radical (unpaired) electrons. The molecule has 7 nitrogen and oxygen atoms in total. The lowest BCUT2D eigenvalue weighted by Crippen LogP contribution is -2.57. The van der Waals surface area contributed by atoms with Crippen molar-refractivity contribution in [3.8, 4) is 0 Å². The van der Waals surface area contributed by atoms with E-state index in [4.69, 9.17) is 4.74 Å². The van der Waals surface area contributed by atoms with Crippen LogP contribution in [0.5, 0.6) is 0 Å². The van der Waals surface area contributed by atoms with Crippen molar-refractivity contribution in [2.75, 3.05) is 33.4 Å². The average Bonchev–Trinajstić information content (AvgIpc) is 2.85. The zero-order valence-corrected chi connectivity index (χ0v) is 16.6. The molecular formula is C20H30N4O3. The van der Waals surface area contributed by atoms with E-state index < -0.39 is 5.54 Å². The number of pyridine rings is 1. The van der Waals surface area contributed by atoms with Crippen molar-refractivity contribution in [2.24, 2.45) is 0 Å². The van der Waals surface area contributed by atoms with Gasteiger partial charge in [-0.15, -0.1) is 0 Å². The van der Waals surface area contributed by atoms with E-state index in [1.54, 1.807) is 18.2 Å². The highest BCUT2D eigenvalue weighted by atomic mass is 16.5. The van der Waals surface area contributed by atoms with Crippen LogP contribution in [0.3, 0.4) is 0 Å². The first-order chi connectivity index (χ1) is 13.0. The van der Waals surface area contributed by atoms with Crippen LogP contribution in [0, 0.1) is 0 Å². The Kier molecular flexibility index (Phi) is 6.11. The van der Waals surface area contributed by atoms with Crippen LogP contribution in [0.25, 0.3) is 0 Å². The zero-order chi connectivity index (χ0) is 19.4. The minimum Gasteiger partial charge on any atom is -0.385 e. The highest BCUT2D eigenvalue weighted by molar-refractivity contribution is 6.07. The van der Waals surface area contributed by atoms with Crippen LogP contribution in [-0.4, -0.2) is 76.6 Å². The summed E-state index contributed by atoms with van der Waals surface area (Å²) >= 11 is 0. The first-order valence-electron chi connectivity index (χ1n) is 9.76. The summed E-state index contributed by atoms with van der Waals surface area (Å²) in [4.78, 5) is 36.4. The minimum absolute atomic E-state index is 0.0704. The highest BCUT2D eigenvalue weighted by Gasteiger charge is 2.57. The summed E-state index contributed by atoms with van der Waals surface area (Å²) in [6.07, 6.45) is 3.78. The van der Waals surface area contributed by atoms with Crippen molar-refractivity contribution >= 4 is 11.9 Å². The summed E-state index contributed by atoms with van der Waals surface area (Å²) in [5, 5.41) is 0. The van der Waals surface area contributed by atoms with Crippen molar-refractivity contribution in [3.63, 3.8) is 0 Å². The summed E-state index contributed by atoms with van der Waals surface area (Å²) in [7, 11) is 1.65. The number of hydrogen-bond acceptors (Lipinski definition) is 5. The monoisotopic (exact) mass is 374 g/mol. The standard InChI is InChI=1S/C20H30N4O3/c1-16(2)22-12-8-20(9-13-22)18(25)23(15-17-7-4-5-10-21-17)19(26)24(20)11-6-14-27-3/h4-5,7,10,16H,6,8-9,11-15H2,1-3H3. The maximum atomic E-state index is 13.4. The topological polar surface area (TPSA) is 66.0 Å². The van der Waals surface area contributed by atoms with Crippen LogP contribution in [-0.2, 0) is 16.1 Å². The van der Waals surface area contributed by atoms with Gasteiger partial charge in [0.25, 0.3) is 5.91 Å². The summed E-state index contributed by atoms with van der Waals surface area (Å²) in [5.74, 6) is -0.0704. The molecule has 3 rings (SSSR count). The number of ether oxygens (including phenoxy) is 1. The Morgan fingerprint density at radius 3 is 2.56 bits per heavy atom. The third-order valence-electron chi connectivity index (χ3n) is 5.75. The average molecular weight is 374 g/mol. The molecule has 0 unspecified atom stereocenters. The SMILES string of the molecule is COCCCN1C(=O)N(Cc2ccccn2)C(=O)C12CCN(C(C)C)CC2. The fourth-order valence-corrected chi connectivity index (χ4v) is 4.15. The number of carbonyl (C=O) groups is 2. The number of hydrogen-bond donors (Lipinski definition) is 0. The molecule has 148 valence electrons. The zero-order valence-electron chi connectivity index (χ0n) is 16.6. The molecule has 0 aromatic carbocycles. The number of nitrogens with zero attached hydrogens (tertiary/aromatic N) is 4. The Balaban J connectivity index is 1.82. The Bertz CT molecular complexity index is 656. The smallest absolute Gasteiger partial charge is 0.328 e. The predicted octanol–water partition coefficient (Wildman–Crippen LogP) is 2.13. The molecule has 27 heavy (non-hydrogen) atoms. The molecule has 2 aliphatic heterocycles. The van der Waals surface area contributed by atoms with Gasteiger partial charge in [0.05, 0.1) is 12.2 Å². The van der Waals surface area contributed by atoms with Gasteiger partial charge >= 0.3 is 6.03 Å². The summed E-state index contributed by atoms with van der Waals surface area (Å²) in [6.45, 7) is 7.34. The van der Waals surface area contributed by atoms with Crippen molar-refractivity contribution in [1.29, 1.82) is 0 Å². The van der Waals surface area contributed by atoms with Crippen LogP contribution in [0.2, 0.25) is 0 Å². The molecule has 1 aromatic rings. The van der Waals surface area contributed by atoms with E-state index in [0.29, 0.717) is 32.0 Å². The maximum Gasteiger partial charge on any atom is 0.328 e. The second-order valence-corrected chi connectivity index (χ2v) is 7.65. The van der Waals surface area contributed by atoms with Gasteiger partial charge in [0.15, 0.2) is 0 Å². The molecule has 0 bridgehead atoms. The van der Waals surface area contributed by atoms with Crippen molar-refractivity contribution in [3.05, 3.63) is 30.1 Å². The van der Waals surface area contributed by atoms with Gasteiger partial charge in [-0.2, -0.15) is 0 Å². The third kappa shape index (κ3) is 3.84. The van der Waals surface area contributed by atoms with E-state index in [1.165, 1.54) is 4.90 Å². The number of carbonyl (C=O) groups excluding carboxylic acids is 2. The van der Waals surface area contributed by atoms with Crippen molar-refractivity contribution in [2.45, 2.75) is 51.2 Å². The molecule has 1 spiro atoms. The van der Waals surface area contributed by atoms with Gasteiger partial charge in [-0.05, 0) is 45.2 Å². The van der Waals surface area contributed by atoms with E-state index in [-0.39, 0.29) is 18.5 Å². The van der Waals surface area contributed by atoms with Crippen molar-refractivity contribution in [1.82, 2.24) is 19.7 Å². The van der Waals surface area contributed by atoms with E-state index in [2.05, 4.69) is 23.7 Å². The van der Waals surface area contributed by atoms with Gasteiger partial charge in [0.1, 0.15) is 5.54 Å². The van der Waals surface area contributed by atoms with Gasteiger partial charge in [-0.25, -0.2) is 4.79 Å². The highest BCUT2D eigenvalue weighted by Crippen LogP contribution is 2.38. The second-order valence-electron chi connectivity index (χ2n) is 7.65. The molecule has 3 amide bonds. The lowest BCUT2D eigenvalue weighted by molar-refractivity contribution is -0.136. The van der Waals surface area contributed by atoms with Gasteiger partial charge < -0.3 is 14.5 Å². The Morgan fingerprint density at radius 1 is 1.22 bits per heavy atom. The predicted molar refractivity (Wildman–Crippen MR) is 102 cm³/mol. The van der Waals surface area contributed by atoms with Gasteiger partial charge in [-0.1, -0.05) is 6.07 Å². The fourth-order valence-electron chi connectivity index (χ4n) is 4.15.